The van der Waals surface area contributed by atoms with Crippen LogP contribution in [-0.4, -0.2) is 25.7 Å². The maximum Gasteiger partial charge on any atom is 0.252 e. The highest BCUT2D eigenvalue weighted by Gasteiger charge is 2.11. The summed E-state index contributed by atoms with van der Waals surface area (Å²) < 4.78 is 5.02. The molecule has 0 aliphatic carbocycles. The van der Waals surface area contributed by atoms with Crippen LogP contribution in [0.4, 0.5) is 5.69 Å². The van der Waals surface area contributed by atoms with E-state index >= 15 is 0 Å². The van der Waals surface area contributed by atoms with E-state index in [1.165, 1.54) is 0 Å². The highest BCUT2D eigenvalue weighted by atomic mass is 35.5. The van der Waals surface area contributed by atoms with Gasteiger partial charge in [0.1, 0.15) is 0 Å². The number of hydrogen-bond donors (Lipinski definition) is 2. The Kier molecular flexibility index (Phi) is 4.58. The van der Waals surface area contributed by atoms with Gasteiger partial charge in [-0.15, -0.1) is 0 Å². The van der Waals surface area contributed by atoms with Crippen LogP contribution in [-0.2, 0) is 4.74 Å². The largest absolute Gasteiger partial charge is 0.399 e. The number of nitrogens with one attached hydrogen (secondary N) is 1. The van der Waals surface area contributed by atoms with Gasteiger partial charge in [0.25, 0.3) is 5.91 Å². The van der Waals surface area contributed by atoms with Gasteiger partial charge in [-0.25, -0.2) is 0 Å². The van der Waals surface area contributed by atoms with Gasteiger partial charge in [0.05, 0.1) is 16.7 Å². The fourth-order valence-electron chi connectivity index (χ4n) is 1.13. The van der Waals surface area contributed by atoms with Gasteiger partial charge in [-0.2, -0.15) is 0 Å². The lowest BCUT2D eigenvalue weighted by Crippen LogP contribution is -2.31. The van der Waals surface area contributed by atoms with Crippen LogP contribution in [0, 0.1) is 0 Å². The zero-order valence-corrected chi connectivity index (χ0v) is 10.0. The molecule has 0 fully saturated rings. The molecule has 1 aromatic carbocycles. The molecule has 0 aromatic heterocycles. The number of halogens is 1. The first-order chi connectivity index (χ1) is 7.54. The first kappa shape index (κ1) is 12.8. The van der Waals surface area contributed by atoms with Crippen LogP contribution in [0.3, 0.4) is 0 Å². The first-order valence-corrected chi connectivity index (χ1v) is 5.28. The molecule has 0 bridgehead atoms. The van der Waals surface area contributed by atoms with Gasteiger partial charge >= 0.3 is 0 Å². The Balaban J connectivity index is 2.66. The SMILES string of the molecule is COC(C)CNC(=O)c1ccc(N)cc1Cl. The molecular weight excluding hydrogens is 228 g/mol. The molecule has 0 radical (unpaired) electrons. The Bertz CT molecular complexity index is 382. The molecule has 5 heteroatoms. The number of nitrogen functional groups attached to an aromatic ring is 1. The van der Waals surface area contributed by atoms with Gasteiger partial charge in [-0.05, 0) is 25.1 Å². The number of anilines is 1. The summed E-state index contributed by atoms with van der Waals surface area (Å²) in [6, 6.07) is 4.79. The van der Waals surface area contributed by atoms with Crippen LogP contribution in [0.2, 0.25) is 5.02 Å². The smallest absolute Gasteiger partial charge is 0.252 e. The zero-order chi connectivity index (χ0) is 12.1. The zero-order valence-electron chi connectivity index (χ0n) is 9.29. The average Bonchev–Trinajstić information content (AvgIpc) is 2.25. The number of hydrogen-bond acceptors (Lipinski definition) is 3. The van der Waals surface area contributed by atoms with E-state index in [1.54, 1.807) is 25.3 Å². The van der Waals surface area contributed by atoms with E-state index < -0.39 is 0 Å². The minimum atomic E-state index is -0.228. The maximum atomic E-state index is 11.7. The highest BCUT2D eigenvalue weighted by molar-refractivity contribution is 6.34. The molecule has 1 atom stereocenters. The normalized spacial score (nSPS) is 12.2. The van der Waals surface area contributed by atoms with Crippen molar-refractivity contribution in [3.63, 3.8) is 0 Å². The number of carbonyl (C=O) groups excluding carboxylic acids is 1. The van der Waals surface area contributed by atoms with Crippen LogP contribution < -0.4 is 11.1 Å². The molecular formula is C11H15ClN2O2. The Hall–Kier alpha value is -1.26. The molecule has 1 amide bonds. The second-order valence-corrected chi connectivity index (χ2v) is 3.90. The van der Waals surface area contributed by atoms with Crippen LogP contribution in [0.1, 0.15) is 17.3 Å². The molecule has 0 spiro atoms. The second kappa shape index (κ2) is 5.72. The molecule has 0 heterocycles. The Labute approximate surface area is 99.7 Å². The summed E-state index contributed by atoms with van der Waals surface area (Å²) in [6.45, 7) is 2.31. The van der Waals surface area contributed by atoms with E-state index in [0.717, 1.165) is 0 Å². The van der Waals surface area contributed by atoms with E-state index in [-0.39, 0.29) is 12.0 Å². The van der Waals surface area contributed by atoms with Crippen molar-refractivity contribution in [2.45, 2.75) is 13.0 Å². The third kappa shape index (κ3) is 3.40. The summed E-state index contributed by atoms with van der Waals surface area (Å²) >= 11 is 5.90. The number of benzene rings is 1. The Morgan fingerprint density at radius 2 is 2.31 bits per heavy atom. The first-order valence-electron chi connectivity index (χ1n) is 4.90. The fraction of sp³-hybridized carbons (Fsp3) is 0.364. The summed E-state index contributed by atoms with van der Waals surface area (Å²) in [7, 11) is 1.59. The molecule has 0 aliphatic rings. The van der Waals surface area contributed by atoms with Crippen molar-refractivity contribution >= 4 is 23.2 Å². The Morgan fingerprint density at radius 3 is 2.88 bits per heavy atom. The molecule has 0 aliphatic heterocycles. The van der Waals surface area contributed by atoms with Crippen molar-refractivity contribution in [3.8, 4) is 0 Å². The third-order valence-electron chi connectivity index (χ3n) is 2.19. The van der Waals surface area contributed by atoms with Crippen molar-refractivity contribution in [2.75, 3.05) is 19.4 Å². The van der Waals surface area contributed by atoms with Gasteiger partial charge in [0.15, 0.2) is 0 Å². The minimum absolute atomic E-state index is 0.0310. The summed E-state index contributed by atoms with van der Waals surface area (Å²) in [5, 5.41) is 3.07. The highest BCUT2D eigenvalue weighted by Crippen LogP contribution is 2.18. The van der Waals surface area contributed by atoms with Crippen molar-refractivity contribution in [1.29, 1.82) is 0 Å². The van der Waals surface area contributed by atoms with Gasteiger partial charge < -0.3 is 15.8 Å². The van der Waals surface area contributed by atoms with Gasteiger partial charge in [-0.1, -0.05) is 11.6 Å². The number of methoxy groups -OCH3 is 1. The third-order valence-corrected chi connectivity index (χ3v) is 2.50. The van der Waals surface area contributed by atoms with E-state index in [1.807, 2.05) is 6.92 Å². The molecule has 0 saturated heterocycles. The van der Waals surface area contributed by atoms with E-state index in [0.29, 0.717) is 22.8 Å². The van der Waals surface area contributed by atoms with Crippen molar-refractivity contribution in [2.24, 2.45) is 0 Å². The van der Waals surface area contributed by atoms with Gasteiger partial charge in [-0.3, -0.25) is 4.79 Å². The number of ether oxygens (including phenoxy) is 1. The molecule has 16 heavy (non-hydrogen) atoms. The van der Waals surface area contributed by atoms with Crippen LogP contribution >= 0.6 is 11.6 Å². The standard InChI is InChI=1S/C11H15ClN2O2/c1-7(16-2)6-14-11(15)9-4-3-8(13)5-10(9)12/h3-5,7H,6,13H2,1-2H3,(H,14,15). The average molecular weight is 243 g/mol. The topological polar surface area (TPSA) is 64.3 Å². The quantitative estimate of drug-likeness (QED) is 0.790. The summed E-state index contributed by atoms with van der Waals surface area (Å²) in [4.78, 5) is 11.7. The molecule has 1 unspecified atom stereocenters. The molecule has 1 aromatic rings. The van der Waals surface area contributed by atoms with E-state index in [9.17, 15) is 4.79 Å². The van der Waals surface area contributed by atoms with Crippen LogP contribution in [0.15, 0.2) is 18.2 Å². The monoisotopic (exact) mass is 242 g/mol. The second-order valence-electron chi connectivity index (χ2n) is 3.50. The molecule has 0 saturated carbocycles. The Morgan fingerprint density at radius 1 is 1.62 bits per heavy atom. The predicted molar refractivity (Wildman–Crippen MR) is 64.7 cm³/mol. The predicted octanol–water partition coefficient (Wildman–Crippen LogP) is 1.69. The lowest BCUT2D eigenvalue weighted by Gasteiger charge is -2.11. The van der Waals surface area contributed by atoms with Crippen molar-refractivity contribution in [1.82, 2.24) is 5.32 Å². The number of nitrogens with two attached hydrogens (primary N) is 1. The molecule has 88 valence electrons. The van der Waals surface area contributed by atoms with Crippen molar-refractivity contribution in [3.05, 3.63) is 28.8 Å². The summed E-state index contributed by atoms with van der Waals surface area (Å²) in [6.07, 6.45) is -0.0310. The lowest BCUT2D eigenvalue weighted by atomic mass is 10.2. The number of amides is 1. The minimum Gasteiger partial charge on any atom is -0.399 e. The van der Waals surface area contributed by atoms with E-state index in [4.69, 9.17) is 22.1 Å². The summed E-state index contributed by atoms with van der Waals surface area (Å²) in [5.74, 6) is -0.228. The van der Waals surface area contributed by atoms with Crippen molar-refractivity contribution < 1.29 is 9.53 Å². The van der Waals surface area contributed by atoms with Gasteiger partial charge in [0.2, 0.25) is 0 Å². The van der Waals surface area contributed by atoms with E-state index in [2.05, 4.69) is 5.32 Å². The van der Waals surface area contributed by atoms with Crippen LogP contribution in [0.25, 0.3) is 0 Å². The maximum absolute atomic E-state index is 11.7. The van der Waals surface area contributed by atoms with Crippen LogP contribution in [0.5, 0.6) is 0 Å². The molecule has 4 nitrogen and oxygen atoms in total. The fourth-order valence-corrected chi connectivity index (χ4v) is 1.41. The van der Waals surface area contributed by atoms with Gasteiger partial charge in [0, 0.05) is 19.3 Å². The summed E-state index contributed by atoms with van der Waals surface area (Å²) in [5.41, 5.74) is 6.49. The lowest BCUT2D eigenvalue weighted by molar-refractivity contribution is 0.0870. The number of rotatable bonds is 4. The number of carbonyl (C=O) groups is 1. The molecule has 1 rings (SSSR count). The molecule has 3 N–H and O–H groups in total.